The number of aliphatic hydroxyl groups is 8. The molecule has 0 bridgehead atoms. The molecular weight excluding hydrogens is 892 g/mol. The molecule has 23 nitrogen and oxygen atoms in total. The van der Waals surface area contributed by atoms with Crippen molar-refractivity contribution in [1.29, 1.82) is 0 Å². The van der Waals surface area contributed by atoms with E-state index in [1.54, 1.807) is 0 Å². The molecule has 67 heavy (non-hydrogen) atoms. The zero-order chi connectivity index (χ0) is 53.0. The van der Waals surface area contributed by atoms with Crippen LogP contribution in [0.1, 0.15) is 118 Å². The molecule has 0 spiro atoms. The lowest BCUT2D eigenvalue weighted by Gasteiger charge is -2.66. The van der Waals surface area contributed by atoms with E-state index in [-0.39, 0.29) is 0 Å². The van der Waals surface area contributed by atoms with E-state index in [2.05, 4.69) is 5.32 Å². The Kier molecular flexibility index (Phi) is 15.4. The summed E-state index contributed by atoms with van der Waals surface area (Å²) in [6, 6.07) is 0. The normalized spacial score (nSPS) is 54.6. The molecule has 11 N–H and O–H groups in total. The van der Waals surface area contributed by atoms with E-state index in [0.717, 1.165) is 13.8 Å². The van der Waals surface area contributed by atoms with Crippen LogP contribution in [0, 0.1) is 0 Å². The predicted molar refractivity (Wildman–Crippen MR) is 228 cm³/mol. The summed E-state index contributed by atoms with van der Waals surface area (Å²) in [6.45, 7) is 21.1. The summed E-state index contributed by atoms with van der Waals surface area (Å²) in [6.07, 6.45) is -8.40. The standard InChI is InChI=1S/C23H41NO11.C21H39NO10/c1-12-19(5,30)22(8,31)23(9,21(7,33-12)15(28)29)35-16-18(4,24-13(2)26)20(6,32-10)14(27)17(3,11-25)34-16;1-11-17(4,27)20(7,28)21(8,19(6,30-11)13(25)26)32-14-16(3,22)18(5,29-9)12(24)15(2,10-23)31-14/h12,14,16,25,27,30-31H,11H2,1-10H3,(H,24,26)(H,28,29);11-12,14,23-24,27-28H,10,22H2,1-9H3,(H,25,26)/p-2. The third-order valence-corrected chi connectivity index (χ3v) is 17.4. The molecule has 4 rings (SSSR count). The maximum Gasteiger partial charge on any atom is 0.217 e. The van der Waals surface area contributed by atoms with Gasteiger partial charge in [-0.05, 0) is 111 Å². The van der Waals surface area contributed by atoms with E-state index in [4.69, 9.17) is 43.6 Å². The average Bonchev–Trinajstić information content (AvgIpc) is 3.21. The molecule has 4 heterocycles. The fourth-order valence-electron chi connectivity index (χ4n) is 10.0. The number of ether oxygens (including phenoxy) is 8. The summed E-state index contributed by atoms with van der Waals surface area (Å²) >= 11 is 0. The average molecular weight is 971 g/mol. The zero-order valence-electron chi connectivity index (χ0n) is 42.3. The lowest BCUT2D eigenvalue weighted by Crippen LogP contribution is -2.87. The van der Waals surface area contributed by atoms with E-state index in [9.17, 15) is 65.4 Å². The summed E-state index contributed by atoms with van der Waals surface area (Å²) in [5.41, 5.74) is -21.0. The van der Waals surface area contributed by atoms with Gasteiger partial charge in [0, 0.05) is 21.1 Å². The minimum Gasteiger partial charge on any atom is -0.547 e. The molecule has 0 radical (unpaired) electrons. The highest BCUT2D eigenvalue weighted by molar-refractivity contribution is 5.78. The zero-order valence-corrected chi connectivity index (χ0v) is 42.3. The molecule has 0 aromatic heterocycles. The van der Waals surface area contributed by atoms with Crippen LogP contribution in [0.15, 0.2) is 0 Å². The first-order chi connectivity index (χ1) is 29.7. The molecule has 0 saturated carbocycles. The van der Waals surface area contributed by atoms with Gasteiger partial charge in [-0.3, -0.25) is 4.79 Å². The highest BCUT2D eigenvalue weighted by Crippen LogP contribution is 2.56. The molecule has 0 aromatic carbocycles. The second-order valence-electron chi connectivity index (χ2n) is 21.3. The van der Waals surface area contributed by atoms with Crippen LogP contribution in [-0.4, -0.2) is 201 Å². The van der Waals surface area contributed by atoms with Gasteiger partial charge in [-0.25, -0.2) is 0 Å². The molecule has 1 amide bonds. The van der Waals surface area contributed by atoms with Crippen molar-refractivity contribution in [1.82, 2.24) is 5.32 Å². The number of hydrogen-bond donors (Lipinski definition) is 10. The lowest BCUT2D eigenvalue weighted by atomic mass is 9.61. The van der Waals surface area contributed by atoms with Crippen LogP contribution in [-0.2, 0) is 52.3 Å². The van der Waals surface area contributed by atoms with Gasteiger partial charge in [0.15, 0.2) is 12.6 Å². The van der Waals surface area contributed by atoms with Crippen molar-refractivity contribution < 1.29 is 103 Å². The number of carboxylic acid groups (broad SMARTS) is 2. The van der Waals surface area contributed by atoms with Gasteiger partial charge < -0.3 is 110 Å². The summed E-state index contributed by atoms with van der Waals surface area (Å²) in [5, 5.41) is 115. The number of aliphatic hydroxyl groups excluding tert-OH is 4. The van der Waals surface area contributed by atoms with Crippen LogP contribution < -0.4 is 21.3 Å². The van der Waals surface area contributed by atoms with Gasteiger partial charge >= 0.3 is 0 Å². The molecule has 20 unspecified atom stereocenters. The Bertz CT molecular complexity index is 1880. The van der Waals surface area contributed by atoms with E-state index in [1.165, 1.54) is 118 Å². The quantitative estimate of drug-likeness (QED) is 0.0937. The Hall–Kier alpha value is -2.27. The lowest BCUT2D eigenvalue weighted by molar-refractivity contribution is -0.441. The van der Waals surface area contributed by atoms with E-state index < -0.39 is 146 Å². The Balaban J connectivity index is 0.000000357. The Morgan fingerprint density at radius 1 is 0.597 bits per heavy atom. The molecule has 0 aromatic rings. The highest BCUT2D eigenvalue weighted by atomic mass is 16.7. The highest BCUT2D eigenvalue weighted by Gasteiger charge is 2.76. The van der Waals surface area contributed by atoms with Crippen LogP contribution in [0.2, 0.25) is 0 Å². The predicted octanol–water partition coefficient (Wildman–Crippen LogP) is -4.26. The second kappa shape index (κ2) is 17.5. The topological polar surface area (TPSA) is 371 Å². The molecule has 0 aliphatic carbocycles. The maximum absolute atomic E-state index is 12.4. The first-order valence-corrected chi connectivity index (χ1v) is 21.9. The van der Waals surface area contributed by atoms with Crippen molar-refractivity contribution in [3.8, 4) is 0 Å². The molecule has 20 atom stereocenters. The first kappa shape index (κ1) is 59.0. The molecule has 23 heteroatoms. The summed E-state index contributed by atoms with van der Waals surface area (Å²) in [4.78, 5) is 36.9. The number of nitrogens with one attached hydrogen (secondary N) is 1. The summed E-state index contributed by atoms with van der Waals surface area (Å²) in [5.74, 6) is -4.00. The third kappa shape index (κ3) is 7.78. The van der Waals surface area contributed by atoms with Gasteiger partial charge in [-0.1, -0.05) is 0 Å². The van der Waals surface area contributed by atoms with Crippen molar-refractivity contribution in [3.05, 3.63) is 0 Å². The smallest absolute Gasteiger partial charge is 0.217 e. The van der Waals surface area contributed by atoms with Gasteiger partial charge in [0.1, 0.15) is 85.0 Å². The minimum absolute atomic E-state index is 0.562. The monoisotopic (exact) mass is 971 g/mol. The number of amides is 1. The maximum atomic E-state index is 12.4. The molecule has 4 saturated heterocycles. The molecule has 4 aliphatic heterocycles. The van der Waals surface area contributed by atoms with Crippen molar-refractivity contribution in [2.45, 2.75) is 233 Å². The molecular formula is C44H78N2O21-2. The minimum atomic E-state index is -2.34. The Labute approximate surface area is 392 Å². The third-order valence-electron chi connectivity index (χ3n) is 17.4. The second-order valence-corrected chi connectivity index (χ2v) is 21.3. The number of methoxy groups -OCH3 is 2. The van der Waals surface area contributed by atoms with Crippen molar-refractivity contribution in [3.63, 3.8) is 0 Å². The van der Waals surface area contributed by atoms with Crippen molar-refractivity contribution in [2.24, 2.45) is 5.73 Å². The van der Waals surface area contributed by atoms with E-state index in [1.807, 2.05) is 0 Å². The number of carbonyl (C=O) groups excluding carboxylic acids is 3. The van der Waals surface area contributed by atoms with Gasteiger partial charge in [-0.2, -0.15) is 0 Å². The summed E-state index contributed by atoms with van der Waals surface area (Å²) in [7, 11) is 2.59. The summed E-state index contributed by atoms with van der Waals surface area (Å²) < 4.78 is 46.9. The molecule has 4 aliphatic rings. The number of hydrogen-bond acceptors (Lipinski definition) is 22. The largest absolute Gasteiger partial charge is 0.547 e. The molecule has 392 valence electrons. The van der Waals surface area contributed by atoms with E-state index >= 15 is 0 Å². The van der Waals surface area contributed by atoms with Gasteiger partial charge in [-0.15, -0.1) is 0 Å². The van der Waals surface area contributed by atoms with Crippen molar-refractivity contribution >= 4 is 17.8 Å². The van der Waals surface area contributed by atoms with E-state index in [0.29, 0.717) is 0 Å². The van der Waals surface area contributed by atoms with Crippen LogP contribution in [0.4, 0.5) is 0 Å². The number of nitrogens with two attached hydrogens (primary N) is 1. The van der Waals surface area contributed by atoms with Crippen molar-refractivity contribution in [2.75, 3.05) is 27.4 Å². The van der Waals surface area contributed by atoms with Crippen LogP contribution >= 0.6 is 0 Å². The van der Waals surface area contributed by atoms with Gasteiger partial charge in [0.05, 0.1) is 42.9 Å². The van der Waals surface area contributed by atoms with Crippen LogP contribution in [0.5, 0.6) is 0 Å². The number of rotatable bonds is 11. The SMILES string of the molecule is COC1(C)C(O)C(C)(CO)OC(OC2(C)C(C)(C(=O)[O-])OC(C)C(C)(O)C2(C)O)C1(C)N.COC1(C)C(O)C(C)(CO)OC(OC2(C)C(C)(C(=O)[O-])OC(C)C(C)(O)C2(C)O)C1(C)NC(C)=O. The van der Waals surface area contributed by atoms with Gasteiger partial charge in [0.2, 0.25) is 5.91 Å². The van der Waals surface area contributed by atoms with Crippen LogP contribution in [0.3, 0.4) is 0 Å². The van der Waals surface area contributed by atoms with Crippen LogP contribution in [0.25, 0.3) is 0 Å². The fourth-order valence-corrected chi connectivity index (χ4v) is 10.0. The van der Waals surface area contributed by atoms with Gasteiger partial charge in [0.25, 0.3) is 0 Å². The number of carboxylic acids is 2. The first-order valence-electron chi connectivity index (χ1n) is 21.9. The Morgan fingerprint density at radius 3 is 1.21 bits per heavy atom. The molecule has 4 fully saturated rings. The number of aliphatic carboxylic acids is 2. The number of carbonyl (C=O) groups is 3. The fraction of sp³-hybridized carbons (Fsp3) is 0.932. The Morgan fingerprint density at radius 2 is 0.910 bits per heavy atom.